The summed E-state index contributed by atoms with van der Waals surface area (Å²) in [6, 6.07) is 8.24. The van der Waals surface area contributed by atoms with Gasteiger partial charge in [0.25, 0.3) is 0 Å². The monoisotopic (exact) mass is 429 g/mol. The van der Waals surface area contributed by atoms with Gasteiger partial charge in [0.2, 0.25) is 0 Å². The van der Waals surface area contributed by atoms with Gasteiger partial charge in [-0.25, -0.2) is 4.99 Å². The van der Waals surface area contributed by atoms with Crippen molar-refractivity contribution in [2.75, 3.05) is 26.7 Å². The summed E-state index contributed by atoms with van der Waals surface area (Å²) >= 11 is 0. The largest absolute Gasteiger partial charge is 0.488 e. The van der Waals surface area contributed by atoms with Gasteiger partial charge in [-0.15, -0.1) is 30.6 Å². The molecule has 0 amide bonds. The van der Waals surface area contributed by atoms with Crippen LogP contribution in [0.5, 0.6) is 5.75 Å². The molecule has 1 aromatic carbocycles. The average Bonchev–Trinajstić information content (AvgIpc) is 2.94. The van der Waals surface area contributed by atoms with Gasteiger partial charge < -0.3 is 15.0 Å². The first kappa shape index (κ1) is 19.8. The first-order chi connectivity index (χ1) is 10.7. The minimum absolute atomic E-state index is 0. The molecule has 1 aliphatic heterocycles. The molecule has 23 heavy (non-hydrogen) atoms. The summed E-state index contributed by atoms with van der Waals surface area (Å²) in [5.74, 6) is 1.96. The van der Waals surface area contributed by atoms with E-state index in [1.54, 1.807) is 0 Å². The lowest BCUT2D eigenvalue weighted by molar-refractivity contribution is 0.241. The van der Waals surface area contributed by atoms with E-state index < -0.39 is 0 Å². The molecule has 1 atom stereocenters. The maximum atomic E-state index is 5.95. The minimum Gasteiger partial charge on any atom is -0.488 e. The Bertz CT molecular complexity index is 494. The lowest BCUT2D eigenvalue weighted by Gasteiger charge is -2.22. The van der Waals surface area contributed by atoms with E-state index >= 15 is 0 Å². The average molecular weight is 429 g/mol. The zero-order chi connectivity index (χ0) is 15.8. The molecule has 5 heteroatoms. The molecule has 0 aliphatic carbocycles. The van der Waals surface area contributed by atoms with Gasteiger partial charge in [0.1, 0.15) is 11.9 Å². The van der Waals surface area contributed by atoms with Crippen LogP contribution in [0.1, 0.15) is 25.3 Å². The Kier molecular flexibility index (Phi) is 9.06. The first-order valence-corrected chi connectivity index (χ1v) is 8.09. The van der Waals surface area contributed by atoms with Gasteiger partial charge in [0.15, 0.2) is 5.96 Å². The van der Waals surface area contributed by atoms with Gasteiger partial charge in [-0.05, 0) is 31.4 Å². The van der Waals surface area contributed by atoms with Crippen LogP contribution in [0.2, 0.25) is 0 Å². The zero-order valence-corrected chi connectivity index (χ0v) is 16.5. The highest BCUT2D eigenvalue weighted by Crippen LogP contribution is 2.28. The fourth-order valence-corrected chi connectivity index (χ4v) is 2.59. The summed E-state index contributed by atoms with van der Waals surface area (Å²) in [5, 5.41) is 3.35. The molecular weight excluding hydrogens is 401 g/mol. The fourth-order valence-electron chi connectivity index (χ4n) is 2.59. The molecule has 0 radical (unpaired) electrons. The maximum absolute atomic E-state index is 5.95. The predicted molar refractivity (Wildman–Crippen MR) is 108 cm³/mol. The normalized spacial score (nSPS) is 16.1. The van der Waals surface area contributed by atoms with Crippen molar-refractivity contribution in [3.05, 3.63) is 42.5 Å². The number of nitrogens with one attached hydrogen (secondary N) is 1. The molecule has 0 aromatic heterocycles. The molecule has 128 valence electrons. The van der Waals surface area contributed by atoms with Crippen LogP contribution >= 0.6 is 24.0 Å². The Balaban J connectivity index is 0.00000264. The van der Waals surface area contributed by atoms with Gasteiger partial charge in [-0.1, -0.05) is 24.3 Å². The molecule has 0 spiro atoms. The van der Waals surface area contributed by atoms with Crippen LogP contribution in [0.15, 0.2) is 41.9 Å². The van der Waals surface area contributed by atoms with E-state index in [2.05, 4.69) is 42.9 Å². The van der Waals surface area contributed by atoms with Crippen molar-refractivity contribution in [1.29, 1.82) is 0 Å². The van der Waals surface area contributed by atoms with Crippen LogP contribution in [0, 0.1) is 0 Å². The van der Waals surface area contributed by atoms with E-state index in [9.17, 15) is 0 Å². The number of ether oxygens (including phenoxy) is 1. The van der Waals surface area contributed by atoms with Crippen molar-refractivity contribution in [3.8, 4) is 5.75 Å². The number of nitrogens with zero attached hydrogens (tertiary/aromatic N) is 2. The molecule has 1 unspecified atom stereocenters. The Morgan fingerprint density at radius 2 is 2.26 bits per heavy atom. The second-order valence-corrected chi connectivity index (χ2v) is 5.60. The second-order valence-electron chi connectivity index (χ2n) is 5.60. The van der Waals surface area contributed by atoms with E-state index in [1.165, 1.54) is 5.56 Å². The highest BCUT2D eigenvalue weighted by atomic mass is 127. The third-order valence-corrected chi connectivity index (χ3v) is 3.76. The number of hydrogen-bond donors (Lipinski definition) is 1. The number of rotatable bonds is 7. The molecule has 0 bridgehead atoms. The summed E-state index contributed by atoms with van der Waals surface area (Å²) < 4.78 is 5.95. The number of aliphatic imine (C=N–C) groups is 1. The Hall–Kier alpha value is -1.24. The highest BCUT2D eigenvalue weighted by molar-refractivity contribution is 14.0. The van der Waals surface area contributed by atoms with E-state index in [0.717, 1.165) is 44.1 Å². The third-order valence-electron chi connectivity index (χ3n) is 3.76. The van der Waals surface area contributed by atoms with Gasteiger partial charge in [0, 0.05) is 26.6 Å². The van der Waals surface area contributed by atoms with Gasteiger partial charge in [-0.3, -0.25) is 0 Å². The molecule has 1 N–H and O–H groups in total. The Morgan fingerprint density at radius 1 is 1.48 bits per heavy atom. The maximum Gasteiger partial charge on any atom is 0.193 e. The zero-order valence-electron chi connectivity index (χ0n) is 14.1. The molecule has 1 aromatic rings. The first-order valence-electron chi connectivity index (χ1n) is 8.09. The van der Waals surface area contributed by atoms with E-state index in [0.29, 0.717) is 6.54 Å². The van der Waals surface area contributed by atoms with Crippen molar-refractivity contribution in [2.45, 2.75) is 32.3 Å². The van der Waals surface area contributed by atoms with Crippen molar-refractivity contribution >= 4 is 29.9 Å². The lowest BCUT2D eigenvalue weighted by Crippen LogP contribution is -2.40. The Labute approximate surface area is 157 Å². The molecule has 0 fully saturated rings. The van der Waals surface area contributed by atoms with Crippen LogP contribution in [0.4, 0.5) is 0 Å². The number of guanidine groups is 1. The lowest BCUT2D eigenvalue weighted by atomic mass is 10.1. The van der Waals surface area contributed by atoms with E-state index in [-0.39, 0.29) is 30.1 Å². The van der Waals surface area contributed by atoms with Crippen LogP contribution < -0.4 is 10.1 Å². The summed E-state index contributed by atoms with van der Waals surface area (Å²) in [7, 11) is 2.08. The Morgan fingerprint density at radius 3 is 2.96 bits per heavy atom. The summed E-state index contributed by atoms with van der Waals surface area (Å²) in [6.07, 6.45) is 5.18. The molecular formula is C18H28IN3O. The van der Waals surface area contributed by atoms with Gasteiger partial charge >= 0.3 is 0 Å². The van der Waals surface area contributed by atoms with Crippen LogP contribution in [-0.4, -0.2) is 43.6 Å². The number of halogens is 1. The summed E-state index contributed by atoms with van der Waals surface area (Å²) in [4.78, 5) is 6.91. The van der Waals surface area contributed by atoms with Crippen LogP contribution in [0.25, 0.3) is 0 Å². The van der Waals surface area contributed by atoms with Crippen molar-refractivity contribution in [1.82, 2.24) is 10.2 Å². The summed E-state index contributed by atoms with van der Waals surface area (Å²) in [6.45, 7) is 8.39. The van der Waals surface area contributed by atoms with Gasteiger partial charge in [0.05, 0.1) is 6.54 Å². The van der Waals surface area contributed by atoms with Gasteiger partial charge in [-0.2, -0.15) is 0 Å². The van der Waals surface area contributed by atoms with Crippen molar-refractivity contribution in [3.63, 3.8) is 0 Å². The molecule has 0 saturated carbocycles. The van der Waals surface area contributed by atoms with E-state index in [4.69, 9.17) is 9.73 Å². The second kappa shape index (κ2) is 10.5. The predicted octanol–water partition coefficient (Wildman–Crippen LogP) is 3.47. The number of fused-ring (bicyclic) bond motifs is 1. The minimum atomic E-state index is 0. The number of allylic oxidation sites excluding steroid dienone is 1. The summed E-state index contributed by atoms with van der Waals surface area (Å²) in [5.41, 5.74) is 1.28. The number of unbranched alkanes of at least 4 members (excludes halogenated alkanes) is 1. The number of benzene rings is 1. The van der Waals surface area contributed by atoms with Crippen LogP contribution in [0.3, 0.4) is 0 Å². The molecule has 2 rings (SSSR count). The smallest absolute Gasteiger partial charge is 0.193 e. The third kappa shape index (κ3) is 6.05. The molecule has 0 saturated heterocycles. The molecule has 4 nitrogen and oxygen atoms in total. The fraction of sp³-hybridized carbons (Fsp3) is 0.500. The SMILES string of the molecule is C=CCCCN(C)C(=NCC1Cc2ccccc2O1)NCC.I. The van der Waals surface area contributed by atoms with Crippen molar-refractivity contribution < 1.29 is 4.74 Å². The molecule has 1 heterocycles. The highest BCUT2D eigenvalue weighted by Gasteiger charge is 2.22. The van der Waals surface area contributed by atoms with Crippen LogP contribution in [-0.2, 0) is 6.42 Å². The quantitative estimate of drug-likeness (QED) is 0.237. The molecule has 1 aliphatic rings. The number of hydrogen-bond acceptors (Lipinski definition) is 2. The standard InChI is InChI=1S/C18H27N3O.HI/c1-4-6-9-12-21(3)18(19-5-2)20-14-16-13-15-10-7-8-11-17(15)22-16;/h4,7-8,10-11,16H,1,5-6,9,12-14H2,2-3H3,(H,19,20);1H. The number of para-hydroxylation sites is 1. The topological polar surface area (TPSA) is 36.9 Å². The van der Waals surface area contributed by atoms with Crippen molar-refractivity contribution in [2.24, 2.45) is 4.99 Å². The van der Waals surface area contributed by atoms with E-state index in [1.807, 2.05) is 18.2 Å².